The standard InChI is InChI=1S/C30H40N8O5S/c1-30(2,3)15-21(28(41)38-16-22(34-35-31)26-25(38)24(39)17-43-26)32-27(40)20-7-5-19(6-8-20)23-18-44-29(33-23)37-11-9-36(10-12-37)13-14-42-4/h5-8,18,21-22,25-26H,9-17H2,1-4H3,(H,32,40)/t21-,22-,25+,26-/m0/s1. The highest BCUT2D eigenvalue weighted by Crippen LogP contribution is 2.32. The van der Waals surface area contributed by atoms with E-state index in [1.54, 1.807) is 30.6 Å². The molecule has 3 fully saturated rings. The minimum Gasteiger partial charge on any atom is -0.383 e. The van der Waals surface area contributed by atoms with E-state index in [2.05, 4.69) is 25.1 Å². The second-order valence-corrected chi connectivity index (χ2v) is 13.5. The molecule has 1 aromatic carbocycles. The Hall–Kier alpha value is -3.55. The summed E-state index contributed by atoms with van der Waals surface area (Å²) in [6.45, 7) is 11.3. The maximum Gasteiger partial charge on any atom is 0.251 e. The zero-order valence-corrected chi connectivity index (χ0v) is 26.5. The topological polar surface area (TPSA) is 153 Å². The highest BCUT2D eigenvalue weighted by atomic mass is 32.1. The van der Waals surface area contributed by atoms with E-state index in [1.165, 1.54) is 4.90 Å². The fourth-order valence-electron chi connectivity index (χ4n) is 6.00. The molecule has 13 nitrogen and oxygen atoms in total. The van der Waals surface area contributed by atoms with Crippen molar-refractivity contribution in [2.75, 3.05) is 64.5 Å². The zero-order chi connectivity index (χ0) is 31.4. The number of amides is 2. The fourth-order valence-corrected chi connectivity index (χ4v) is 6.89. The maximum atomic E-state index is 13.8. The van der Waals surface area contributed by atoms with Crippen LogP contribution in [0, 0.1) is 5.41 Å². The normalized spacial score (nSPS) is 22.9. The average molecular weight is 625 g/mol. The minimum absolute atomic E-state index is 0.0638. The fraction of sp³-hybridized carbons (Fsp3) is 0.600. The molecule has 14 heteroatoms. The van der Waals surface area contributed by atoms with Crippen LogP contribution in [0.1, 0.15) is 37.6 Å². The Morgan fingerprint density at radius 2 is 1.95 bits per heavy atom. The minimum atomic E-state index is -0.878. The molecule has 44 heavy (non-hydrogen) atoms. The van der Waals surface area contributed by atoms with Crippen molar-refractivity contribution in [1.82, 2.24) is 20.1 Å². The Morgan fingerprint density at radius 1 is 1.23 bits per heavy atom. The molecule has 0 spiro atoms. The second-order valence-electron chi connectivity index (χ2n) is 12.7. The van der Waals surface area contributed by atoms with Gasteiger partial charge in [0.25, 0.3) is 5.91 Å². The number of nitrogens with one attached hydrogen (secondary N) is 1. The number of ketones is 1. The van der Waals surface area contributed by atoms with Gasteiger partial charge in [-0.15, -0.1) is 11.3 Å². The molecule has 4 heterocycles. The summed E-state index contributed by atoms with van der Waals surface area (Å²) in [6, 6.07) is 4.83. The monoisotopic (exact) mass is 624 g/mol. The van der Waals surface area contributed by atoms with Gasteiger partial charge in [0.15, 0.2) is 10.9 Å². The van der Waals surface area contributed by atoms with Crippen molar-refractivity contribution in [2.45, 2.75) is 51.4 Å². The van der Waals surface area contributed by atoms with Gasteiger partial charge in [-0.1, -0.05) is 38.0 Å². The molecule has 0 saturated carbocycles. The summed E-state index contributed by atoms with van der Waals surface area (Å²) in [4.78, 5) is 53.6. The van der Waals surface area contributed by atoms with Crippen LogP contribution in [-0.4, -0.2) is 116 Å². The molecule has 4 atom stereocenters. The van der Waals surface area contributed by atoms with Crippen molar-refractivity contribution in [3.63, 3.8) is 0 Å². The first-order chi connectivity index (χ1) is 21.1. The Morgan fingerprint density at radius 3 is 2.61 bits per heavy atom. The molecular weight excluding hydrogens is 584 g/mol. The summed E-state index contributed by atoms with van der Waals surface area (Å²) in [5.41, 5.74) is 10.8. The highest BCUT2D eigenvalue weighted by molar-refractivity contribution is 7.14. The summed E-state index contributed by atoms with van der Waals surface area (Å²) in [5.74, 6) is -1.00. The molecular formula is C30H40N8O5S. The first-order valence-electron chi connectivity index (χ1n) is 14.9. The van der Waals surface area contributed by atoms with Gasteiger partial charge in [0.2, 0.25) is 5.91 Å². The number of piperazine rings is 1. The van der Waals surface area contributed by atoms with Gasteiger partial charge in [-0.05, 0) is 29.5 Å². The number of likely N-dealkylation sites (tertiary alicyclic amines) is 1. The van der Waals surface area contributed by atoms with E-state index in [9.17, 15) is 14.4 Å². The van der Waals surface area contributed by atoms with E-state index >= 15 is 0 Å². The molecule has 5 rings (SSSR count). The Bertz CT molecular complexity index is 1390. The van der Waals surface area contributed by atoms with E-state index in [-0.39, 0.29) is 36.2 Å². The lowest BCUT2D eigenvalue weighted by molar-refractivity contribution is -0.138. The molecule has 3 aliphatic rings. The number of methoxy groups -OCH3 is 1. The van der Waals surface area contributed by atoms with Crippen LogP contribution in [0.25, 0.3) is 21.7 Å². The average Bonchev–Trinajstić information content (AvgIpc) is 3.73. The summed E-state index contributed by atoms with van der Waals surface area (Å²) >= 11 is 1.61. The van der Waals surface area contributed by atoms with Gasteiger partial charge in [0, 0.05) is 67.8 Å². The number of nitrogens with zero attached hydrogens (tertiary/aromatic N) is 7. The van der Waals surface area contributed by atoms with Gasteiger partial charge in [-0.25, -0.2) is 4.98 Å². The number of Topliss-reactive ketones (excluding diaryl/α,β-unsaturated/α-hetero) is 1. The van der Waals surface area contributed by atoms with Crippen molar-refractivity contribution in [2.24, 2.45) is 10.5 Å². The number of aromatic nitrogens is 1. The SMILES string of the molecule is COCCN1CCN(c2nc(-c3ccc(C(=O)N[C@@H](CC(C)(C)C)C(=O)N4C[C@H](N=[N+]=[N-])[C@@H]5OCC(=O)[C@H]54)cc3)cs2)CC1. The highest BCUT2D eigenvalue weighted by Gasteiger charge is 2.53. The number of rotatable bonds is 10. The van der Waals surface area contributed by atoms with Gasteiger partial charge < -0.3 is 24.6 Å². The van der Waals surface area contributed by atoms with E-state index in [4.69, 9.17) is 20.0 Å². The predicted molar refractivity (Wildman–Crippen MR) is 167 cm³/mol. The van der Waals surface area contributed by atoms with Crippen molar-refractivity contribution >= 4 is 34.1 Å². The van der Waals surface area contributed by atoms with Gasteiger partial charge >= 0.3 is 0 Å². The lowest BCUT2D eigenvalue weighted by Crippen LogP contribution is -2.53. The number of carbonyl (C=O) groups excluding carboxylic acids is 3. The molecule has 0 radical (unpaired) electrons. The van der Waals surface area contributed by atoms with Crippen molar-refractivity contribution < 1.29 is 23.9 Å². The van der Waals surface area contributed by atoms with Gasteiger partial charge in [-0.2, -0.15) is 0 Å². The van der Waals surface area contributed by atoms with Crippen LogP contribution in [0.5, 0.6) is 0 Å². The third-order valence-corrected chi connectivity index (χ3v) is 9.15. The Balaban J connectivity index is 1.25. The van der Waals surface area contributed by atoms with Gasteiger partial charge in [0.05, 0.1) is 24.4 Å². The lowest BCUT2D eigenvalue weighted by Gasteiger charge is -2.34. The van der Waals surface area contributed by atoms with Crippen LogP contribution in [0.3, 0.4) is 0 Å². The summed E-state index contributed by atoms with van der Waals surface area (Å²) in [5, 5.41) is 9.68. The molecule has 3 saturated heterocycles. The maximum absolute atomic E-state index is 13.8. The molecule has 236 valence electrons. The summed E-state index contributed by atoms with van der Waals surface area (Å²) < 4.78 is 10.8. The van der Waals surface area contributed by atoms with Crippen LogP contribution in [0.2, 0.25) is 0 Å². The van der Waals surface area contributed by atoms with E-state index in [0.29, 0.717) is 12.0 Å². The number of ether oxygens (including phenoxy) is 2. The number of benzene rings is 1. The number of azide groups is 1. The lowest BCUT2D eigenvalue weighted by atomic mass is 9.87. The van der Waals surface area contributed by atoms with E-state index in [0.717, 1.165) is 55.7 Å². The van der Waals surface area contributed by atoms with Crippen LogP contribution >= 0.6 is 11.3 Å². The molecule has 0 bridgehead atoms. The number of hydrogen-bond donors (Lipinski definition) is 1. The molecule has 0 aliphatic carbocycles. The number of anilines is 1. The predicted octanol–water partition coefficient (Wildman–Crippen LogP) is 2.97. The van der Waals surface area contributed by atoms with Crippen molar-refractivity contribution in [1.29, 1.82) is 0 Å². The number of hydrogen-bond acceptors (Lipinski definition) is 10. The molecule has 0 unspecified atom stereocenters. The third-order valence-electron chi connectivity index (χ3n) is 8.25. The van der Waals surface area contributed by atoms with E-state index in [1.807, 2.05) is 38.3 Å². The molecule has 1 N–H and O–H groups in total. The summed E-state index contributed by atoms with van der Waals surface area (Å²) in [6.07, 6.45) is -0.315. The number of carbonyl (C=O) groups is 3. The largest absolute Gasteiger partial charge is 0.383 e. The van der Waals surface area contributed by atoms with Crippen molar-refractivity contribution in [3.8, 4) is 11.3 Å². The number of fused-ring (bicyclic) bond motifs is 1. The Labute approximate surface area is 261 Å². The molecule has 2 aromatic rings. The van der Waals surface area contributed by atoms with Crippen LogP contribution in [0.15, 0.2) is 34.8 Å². The summed E-state index contributed by atoms with van der Waals surface area (Å²) in [7, 11) is 1.72. The third kappa shape index (κ3) is 7.22. The second kappa shape index (κ2) is 13.6. The smallest absolute Gasteiger partial charge is 0.251 e. The van der Waals surface area contributed by atoms with Crippen LogP contribution < -0.4 is 10.2 Å². The molecule has 3 aliphatic heterocycles. The van der Waals surface area contributed by atoms with Crippen LogP contribution in [0.4, 0.5) is 5.13 Å². The van der Waals surface area contributed by atoms with Gasteiger partial charge in [0.1, 0.15) is 18.7 Å². The van der Waals surface area contributed by atoms with E-state index < -0.39 is 24.2 Å². The first-order valence-corrected chi connectivity index (χ1v) is 15.8. The van der Waals surface area contributed by atoms with Crippen molar-refractivity contribution in [3.05, 3.63) is 45.7 Å². The van der Waals surface area contributed by atoms with Crippen LogP contribution in [-0.2, 0) is 19.1 Å². The number of thiazole rings is 1. The molecule has 1 aromatic heterocycles. The first kappa shape index (κ1) is 31.9. The molecule has 2 amide bonds. The quantitative estimate of drug-likeness (QED) is 0.241. The Kier molecular flexibility index (Phi) is 9.86. The van der Waals surface area contributed by atoms with Gasteiger partial charge in [-0.3, -0.25) is 19.3 Å². The zero-order valence-electron chi connectivity index (χ0n) is 25.6.